The summed E-state index contributed by atoms with van der Waals surface area (Å²) in [4.78, 5) is 11.1. The lowest BCUT2D eigenvalue weighted by Crippen LogP contribution is -2.15. The third-order valence-electron chi connectivity index (χ3n) is 1.59. The number of unbranched alkanes of at least 4 members (excludes halogenated alkanes) is 1. The number of amides is 1. The Balaban J connectivity index is 2.34. The van der Waals surface area contributed by atoms with E-state index in [1.165, 1.54) is 6.07 Å². The molecule has 5 nitrogen and oxygen atoms in total. The normalized spacial score (nSPS) is 9.73. The molecule has 0 saturated heterocycles. The summed E-state index contributed by atoms with van der Waals surface area (Å²) in [6.07, 6.45) is 1.30. The van der Waals surface area contributed by atoms with E-state index in [1.807, 2.05) is 6.92 Å². The van der Waals surface area contributed by atoms with Crippen LogP contribution in [0, 0.1) is 0 Å². The van der Waals surface area contributed by atoms with Gasteiger partial charge in [0, 0.05) is 0 Å². The first kappa shape index (κ1) is 11.7. The summed E-state index contributed by atoms with van der Waals surface area (Å²) in [6, 6.07) is 3.09. The van der Waals surface area contributed by atoms with Crippen molar-refractivity contribution >= 4 is 23.5 Å². The summed E-state index contributed by atoms with van der Waals surface area (Å²) in [6.45, 7) is 2.43. The number of hydrogen-bond donors (Lipinski definition) is 1. The zero-order chi connectivity index (χ0) is 11.1. The molecule has 0 aliphatic carbocycles. The van der Waals surface area contributed by atoms with Crippen molar-refractivity contribution < 1.29 is 9.53 Å². The van der Waals surface area contributed by atoms with Gasteiger partial charge in [-0.15, -0.1) is 10.2 Å². The summed E-state index contributed by atoms with van der Waals surface area (Å²) in [7, 11) is 0. The number of carbonyl (C=O) groups is 1. The Morgan fingerprint density at radius 1 is 1.53 bits per heavy atom. The Morgan fingerprint density at radius 3 is 2.93 bits per heavy atom. The molecule has 0 unspecified atom stereocenters. The van der Waals surface area contributed by atoms with E-state index in [1.54, 1.807) is 6.07 Å². The lowest BCUT2D eigenvalue weighted by atomic mass is 10.4. The summed E-state index contributed by atoms with van der Waals surface area (Å²) in [5.74, 6) is 0.320. The zero-order valence-electron chi connectivity index (χ0n) is 8.36. The molecule has 0 aliphatic heterocycles. The van der Waals surface area contributed by atoms with Gasteiger partial charge < -0.3 is 4.74 Å². The van der Waals surface area contributed by atoms with E-state index >= 15 is 0 Å². The molecule has 1 aromatic rings. The van der Waals surface area contributed by atoms with Crippen molar-refractivity contribution in [2.45, 2.75) is 19.8 Å². The van der Waals surface area contributed by atoms with E-state index in [0.29, 0.717) is 12.4 Å². The van der Waals surface area contributed by atoms with Crippen molar-refractivity contribution in [3.63, 3.8) is 0 Å². The van der Waals surface area contributed by atoms with Crippen LogP contribution in [0.15, 0.2) is 12.1 Å². The number of nitrogens with zero attached hydrogens (tertiary/aromatic N) is 2. The maximum atomic E-state index is 11.1. The molecule has 1 heterocycles. The summed E-state index contributed by atoms with van der Waals surface area (Å²) < 4.78 is 4.87. The van der Waals surface area contributed by atoms with Gasteiger partial charge in [-0.1, -0.05) is 24.9 Å². The quantitative estimate of drug-likeness (QED) is 0.806. The van der Waals surface area contributed by atoms with E-state index in [0.717, 1.165) is 12.8 Å². The van der Waals surface area contributed by atoms with Crippen LogP contribution in [0.3, 0.4) is 0 Å². The molecule has 1 aromatic heterocycles. The highest BCUT2D eigenvalue weighted by Gasteiger charge is 2.03. The van der Waals surface area contributed by atoms with Crippen LogP contribution >= 0.6 is 11.6 Å². The molecule has 0 fully saturated rings. The van der Waals surface area contributed by atoms with Gasteiger partial charge >= 0.3 is 6.09 Å². The molecule has 0 aliphatic rings. The number of nitrogens with one attached hydrogen (secondary N) is 1. The predicted octanol–water partition coefficient (Wildman–Crippen LogP) is 2.48. The first-order valence-electron chi connectivity index (χ1n) is 4.65. The molecule has 1 amide bonds. The smallest absolute Gasteiger partial charge is 0.412 e. The maximum absolute atomic E-state index is 11.1. The average molecular weight is 230 g/mol. The fourth-order valence-corrected chi connectivity index (χ4v) is 0.933. The monoisotopic (exact) mass is 229 g/mol. The van der Waals surface area contributed by atoms with E-state index in [4.69, 9.17) is 16.3 Å². The van der Waals surface area contributed by atoms with Gasteiger partial charge in [0.25, 0.3) is 0 Å². The van der Waals surface area contributed by atoms with Crippen LogP contribution in [0.2, 0.25) is 5.15 Å². The highest BCUT2D eigenvalue weighted by atomic mass is 35.5. The molecule has 6 heteroatoms. The van der Waals surface area contributed by atoms with Crippen LogP contribution in [-0.2, 0) is 4.74 Å². The molecule has 0 saturated carbocycles. The van der Waals surface area contributed by atoms with Gasteiger partial charge in [0.1, 0.15) is 0 Å². The lowest BCUT2D eigenvalue weighted by molar-refractivity contribution is 0.160. The van der Waals surface area contributed by atoms with Gasteiger partial charge in [0.05, 0.1) is 6.61 Å². The topological polar surface area (TPSA) is 64.1 Å². The molecule has 0 radical (unpaired) electrons. The molecule has 0 atom stereocenters. The molecule has 1 rings (SSSR count). The largest absolute Gasteiger partial charge is 0.449 e. The molecule has 15 heavy (non-hydrogen) atoms. The minimum absolute atomic E-state index is 0.278. The summed E-state index contributed by atoms with van der Waals surface area (Å²) in [5, 5.41) is 9.94. The van der Waals surface area contributed by atoms with Gasteiger partial charge in [0.15, 0.2) is 11.0 Å². The highest BCUT2D eigenvalue weighted by molar-refractivity contribution is 6.29. The molecule has 0 spiro atoms. The summed E-state index contributed by atoms with van der Waals surface area (Å²) >= 11 is 5.53. The maximum Gasteiger partial charge on any atom is 0.412 e. The zero-order valence-corrected chi connectivity index (χ0v) is 9.12. The number of halogens is 1. The summed E-state index contributed by atoms with van der Waals surface area (Å²) in [5.41, 5.74) is 0. The van der Waals surface area contributed by atoms with E-state index in [-0.39, 0.29) is 5.15 Å². The second-order valence-electron chi connectivity index (χ2n) is 2.86. The minimum Gasteiger partial charge on any atom is -0.449 e. The number of rotatable bonds is 4. The number of aromatic nitrogens is 2. The van der Waals surface area contributed by atoms with Crippen LogP contribution < -0.4 is 5.32 Å². The highest BCUT2D eigenvalue weighted by Crippen LogP contribution is 2.06. The third-order valence-corrected chi connectivity index (χ3v) is 1.79. The minimum atomic E-state index is -0.528. The first-order valence-corrected chi connectivity index (χ1v) is 5.03. The predicted molar refractivity (Wildman–Crippen MR) is 56.9 cm³/mol. The molecule has 82 valence electrons. The van der Waals surface area contributed by atoms with Crippen molar-refractivity contribution in [3.05, 3.63) is 17.3 Å². The van der Waals surface area contributed by atoms with Gasteiger partial charge in [0.2, 0.25) is 0 Å². The van der Waals surface area contributed by atoms with Crippen LogP contribution in [0.4, 0.5) is 10.6 Å². The number of anilines is 1. The van der Waals surface area contributed by atoms with Crippen molar-refractivity contribution in [3.8, 4) is 0 Å². The fraction of sp³-hybridized carbons (Fsp3) is 0.444. The van der Waals surface area contributed by atoms with E-state index in [2.05, 4.69) is 15.5 Å². The number of hydrogen-bond acceptors (Lipinski definition) is 4. The van der Waals surface area contributed by atoms with E-state index < -0.39 is 6.09 Å². The van der Waals surface area contributed by atoms with Crippen LogP contribution in [0.1, 0.15) is 19.8 Å². The molecule has 0 aromatic carbocycles. The number of ether oxygens (including phenoxy) is 1. The lowest BCUT2D eigenvalue weighted by Gasteiger charge is -2.04. The molecule has 0 bridgehead atoms. The van der Waals surface area contributed by atoms with Gasteiger partial charge in [-0.3, -0.25) is 5.32 Å². The van der Waals surface area contributed by atoms with Gasteiger partial charge in [-0.05, 0) is 18.6 Å². The molecular weight excluding hydrogens is 218 g/mol. The van der Waals surface area contributed by atoms with Gasteiger partial charge in [-0.25, -0.2) is 4.79 Å². The molecular formula is C9H12ClN3O2. The first-order chi connectivity index (χ1) is 7.22. The Labute approximate surface area is 92.8 Å². The Bertz CT molecular complexity index is 316. The van der Waals surface area contributed by atoms with Crippen LogP contribution in [0.5, 0.6) is 0 Å². The fourth-order valence-electron chi connectivity index (χ4n) is 0.833. The van der Waals surface area contributed by atoms with E-state index in [9.17, 15) is 4.79 Å². The van der Waals surface area contributed by atoms with Crippen molar-refractivity contribution in [2.24, 2.45) is 0 Å². The molecule has 1 N–H and O–H groups in total. The number of carbonyl (C=O) groups excluding carboxylic acids is 1. The Hall–Kier alpha value is -1.36. The third kappa shape index (κ3) is 4.60. The SMILES string of the molecule is CCCCOC(=O)Nc1ccc(Cl)nn1. The standard InChI is InChI=1S/C9H12ClN3O2/c1-2-3-6-15-9(14)11-8-5-4-7(10)12-13-8/h4-5H,2-3,6H2,1H3,(H,11,13,14). The Morgan fingerprint density at radius 2 is 2.33 bits per heavy atom. The van der Waals surface area contributed by atoms with Crippen molar-refractivity contribution in [2.75, 3.05) is 11.9 Å². The van der Waals surface area contributed by atoms with Crippen molar-refractivity contribution in [1.82, 2.24) is 10.2 Å². The van der Waals surface area contributed by atoms with Crippen LogP contribution in [-0.4, -0.2) is 22.9 Å². The average Bonchev–Trinajstić information content (AvgIpc) is 2.22. The van der Waals surface area contributed by atoms with Crippen molar-refractivity contribution in [1.29, 1.82) is 0 Å². The Kier molecular flexibility index (Phi) is 4.83. The van der Waals surface area contributed by atoms with Crippen LogP contribution in [0.25, 0.3) is 0 Å². The second kappa shape index (κ2) is 6.19. The van der Waals surface area contributed by atoms with Gasteiger partial charge in [-0.2, -0.15) is 0 Å². The second-order valence-corrected chi connectivity index (χ2v) is 3.24.